The average Bonchev–Trinajstić information content (AvgIpc) is 3.18. The van der Waals surface area contributed by atoms with Gasteiger partial charge in [-0.15, -0.1) is 10.2 Å². The first-order valence-electron chi connectivity index (χ1n) is 8.88. The number of hydrogen-bond acceptors (Lipinski definition) is 7. The largest absolute Gasteiger partial charge is 0.455 e. The summed E-state index contributed by atoms with van der Waals surface area (Å²) in [5, 5.41) is 13.1. The number of para-hydroxylation sites is 1. The van der Waals surface area contributed by atoms with Gasteiger partial charge in [-0.25, -0.2) is 0 Å². The van der Waals surface area contributed by atoms with Crippen LogP contribution >= 0.6 is 23.4 Å². The van der Waals surface area contributed by atoms with Gasteiger partial charge >= 0.3 is 0 Å². The predicted octanol–water partition coefficient (Wildman–Crippen LogP) is 5.68. The fraction of sp³-hybridized carbons (Fsp3) is 0.0952. The summed E-state index contributed by atoms with van der Waals surface area (Å²) in [6.07, 6.45) is 1.32. The van der Waals surface area contributed by atoms with Crippen molar-refractivity contribution in [2.24, 2.45) is 0 Å². The third kappa shape index (κ3) is 3.43. The lowest BCUT2D eigenvalue weighted by molar-refractivity contribution is 0.196. The number of aromatic nitrogens is 3. The van der Waals surface area contributed by atoms with Crippen LogP contribution in [0.4, 0.5) is 5.69 Å². The SMILES string of the molecule is CSc1nnc2c(n1)O[C@@H](c1ccc(-c3cccc(Cl)c3)o1)Nc1ccccc1-2. The summed E-state index contributed by atoms with van der Waals surface area (Å²) < 4.78 is 12.3. The van der Waals surface area contributed by atoms with Crippen molar-refractivity contribution in [3.8, 4) is 28.5 Å². The van der Waals surface area contributed by atoms with Crippen molar-refractivity contribution in [3.05, 3.63) is 71.4 Å². The van der Waals surface area contributed by atoms with E-state index in [4.69, 9.17) is 20.8 Å². The van der Waals surface area contributed by atoms with Crippen molar-refractivity contribution in [3.63, 3.8) is 0 Å². The third-order valence-corrected chi connectivity index (χ3v) is 5.28. The highest BCUT2D eigenvalue weighted by Crippen LogP contribution is 2.40. The number of fused-ring (bicyclic) bond motifs is 3. The van der Waals surface area contributed by atoms with Crippen molar-refractivity contribution < 1.29 is 9.15 Å². The summed E-state index contributed by atoms with van der Waals surface area (Å²) in [6, 6.07) is 19.1. The average molecular weight is 423 g/mol. The maximum absolute atomic E-state index is 6.18. The minimum atomic E-state index is -0.572. The van der Waals surface area contributed by atoms with Crippen molar-refractivity contribution in [2.45, 2.75) is 11.4 Å². The maximum atomic E-state index is 6.18. The molecule has 2 aromatic heterocycles. The van der Waals surface area contributed by atoms with Gasteiger partial charge in [-0.1, -0.05) is 53.7 Å². The Morgan fingerprint density at radius 3 is 2.79 bits per heavy atom. The van der Waals surface area contributed by atoms with E-state index in [9.17, 15) is 0 Å². The third-order valence-electron chi connectivity index (χ3n) is 4.51. The van der Waals surface area contributed by atoms with E-state index in [0.29, 0.717) is 33.3 Å². The maximum Gasteiger partial charge on any atom is 0.247 e. The molecule has 1 aliphatic rings. The van der Waals surface area contributed by atoms with Crippen LogP contribution in [0.5, 0.6) is 5.88 Å². The molecule has 29 heavy (non-hydrogen) atoms. The second-order valence-corrected chi connectivity index (χ2v) is 7.56. The smallest absolute Gasteiger partial charge is 0.247 e. The van der Waals surface area contributed by atoms with E-state index in [2.05, 4.69) is 20.5 Å². The van der Waals surface area contributed by atoms with Crippen LogP contribution in [0.2, 0.25) is 5.02 Å². The Morgan fingerprint density at radius 1 is 1.03 bits per heavy atom. The van der Waals surface area contributed by atoms with E-state index >= 15 is 0 Å². The molecule has 1 atom stereocenters. The lowest BCUT2D eigenvalue weighted by atomic mass is 10.1. The molecule has 0 fully saturated rings. The summed E-state index contributed by atoms with van der Waals surface area (Å²) in [5.74, 6) is 1.73. The fourth-order valence-corrected chi connectivity index (χ4v) is 3.64. The Kier molecular flexibility index (Phi) is 4.61. The van der Waals surface area contributed by atoms with E-state index in [1.807, 2.05) is 66.9 Å². The number of furan rings is 1. The van der Waals surface area contributed by atoms with Crippen LogP contribution in [0, 0.1) is 0 Å². The molecule has 3 heterocycles. The van der Waals surface area contributed by atoms with Gasteiger partial charge in [0.15, 0.2) is 11.5 Å². The molecule has 0 spiro atoms. The Hall–Kier alpha value is -3.03. The molecule has 8 heteroatoms. The van der Waals surface area contributed by atoms with Crippen molar-refractivity contribution in [2.75, 3.05) is 11.6 Å². The zero-order chi connectivity index (χ0) is 19.8. The Balaban J connectivity index is 1.57. The number of anilines is 1. The Labute approximate surface area is 176 Å². The van der Waals surface area contributed by atoms with E-state index in [1.54, 1.807) is 0 Å². The van der Waals surface area contributed by atoms with Crippen LogP contribution in [0.15, 0.2) is 70.2 Å². The number of halogens is 1. The molecule has 0 radical (unpaired) electrons. The van der Waals surface area contributed by atoms with Gasteiger partial charge in [-0.3, -0.25) is 0 Å². The molecule has 0 unspecified atom stereocenters. The molecule has 144 valence electrons. The van der Waals surface area contributed by atoms with Crippen LogP contribution in [0.3, 0.4) is 0 Å². The monoisotopic (exact) mass is 422 g/mol. The van der Waals surface area contributed by atoms with Gasteiger partial charge in [-0.05, 0) is 36.6 Å². The molecule has 2 aromatic carbocycles. The van der Waals surface area contributed by atoms with Gasteiger partial charge in [-0.2, -0.15) is 4.98 Å². The summed E-state index contributed by atoms with van der Waals surface area (Å²) >= 11 is 7.52. The summed E-state index contributed by atoms with van der Waals surface area (Å²) in [6.45, 7) is 0. The molecule has 0 amide bonds. The predicted molar refractivity (Wildman–Crippen MR) is 113 cm³/mol. The van der Waals surface area contributed by atoms with Gasteiger partial charge in [0.25, 0.3) is 0 Å². The summed E-state index contributed by atoms with van der Waals surface area (Å²) in [5.41, 5.74) is 3.23. The van der Waals surface area contributed by atoms with Gasteiger partial charge in [0, 0.05) is 21.8 Å². The van der Waals surface area contributed by atoms with Crippen LogP contribution in [0.1, 0.15) is 12.0 Å². The van der Waals surface area contributed by atoms with Crippen LogP contribution in [-0.4, -0.2) is 21.4 Å². The van der Waals surface area contributed by atoms with Gasteiger partial charge < -0.3 is 14.5 Å². The van der Waals surface area contributed by atoms with Crippen molar-refractivity contribution in [1.29, 1.82) is 0 Å². The van der Waals surface area contributed by atoms with Crippen molar-refractivity contribution >= 4 is 29.1 Å². The molecule has 0 saturated carbocycles. The quantitative estimate of drug-likeness (QED) is 0.426. The minimum Gasteiger partial charge on any atom is -0.455 e. The molecule has 0 aliphatic carbocycles. The molecule has 0 saturated heterocycles. The normalized spacial score (nSPS) is 14.9. The molecule has 1 aliphatic heterocycles. The second-order valence-electron chi connectivity index (χ2n) is 6.35. The number of benzene rings is 2. The van der Waals surface area contributed by atoms with E-state index < -0.39 is 6.23 Å². The van der Waals surface area contributed by atoms with Gasteiger partial charge in [0.05, 0.1) is 0 Å². The molecule has 4 aromatic rings. The first-order chi connectivity index (χ1) is 14.2. The van der Waals surface area contributed by atoms with Crippen LogP contribution < -0.4 is 10.1 Å². The first kappa shape index (κ1) is 18.0. The first-order valence-corrected chi connectivity index (χ1v) is 10.5. The minimum absolute atomic E-state index is 0.410. The lowest BCUT2D eigenvalue weighted by Gasteiger charge is -2.16. The standard InChI is InChI=1S/C21H15ClN4O2S/c1-29-21-24-20-18(25-26-21)14-7-2-3-8-15(14)23-19(28-20)17-10-9-16(27-17)12-5-4-6-13(22)11-12/h2-11,19,23H,1H3/t19-/m0/s1. The highest BCUT2D eigenvalue weighted by atomic mass is 35.5. The lowest BCUT2D eigenvalue weighted by Crippen LogP contribution is -2.16. The number of thioether (sulfide) groups is 1. The number of ether oxygens (including phenoxy) is 1. The number of nitrogens with one attached hydrogen (secondary N) is 1. The van der Waals surface area contributed by atoms with E-state index in [1.165, 1.54) is 11.8 Å². The Bertz CT molecular complexity index is 1200. The van der Waals surface area contributed by atoms with E-state index in [0.717, 1.165) is 16.8 Å². The zero-order valence-corrected chi connectivity index (χ0v) is 16.9. The topological polar surface area (TPSA) is 73.1 Å². The highest BCUT2D eigenvalue weighted by Gasteiger charge is 2.27. The van der Waals surface area contributed by atoms with Crippen molar-refractivity contribution in [1.82, 2.24) is 15.2 Å². The summed E-state index contributed by atoms with van der Waals surface area (Å²) in [7, 11) is 0. The molecular weight excluding hydrogens is 408 g/mol. The summed E-state index contributed by atoms with van der Waals surface area (Å²) in [4.78, 5) is 4.51. The molecular formula is C21H15ClN4O2S. The van der Waals surface area contributed by atoms with Gasteiger partial charge in [0.2, 0.25) is 17.3 Å². The zero-order valence-electron chi connectivity index (χ0n) is 15.3. The second kappa shape index (κ2) is 7.42. The highest BCUT2D eigenvalue weighted by molar-refractivity contribution is 7.98. The van der Waals surface area contributed by atoms with Gasteiger partial charge in [0.1, 0.15) is 5.76 Å². The molecule has 5 rings (SSSR count). The number of nitrogens with zero attached hydrogens (tertiary/aromatic N) is 3. The fourth-order valence-electron chi connectivity index (χ4n) is 3.15. The number of rotatable bonds is 3. The molecule has 1 N–H and O–H groups in total. The number of hydrogen-bond donors (Lipinski definition) is 1. The Morgan fingerprint density at radius 2 is 1.93 bits per heavy atom. The van der Waals surface area contributed by atoms with Crippen LogP contribution in [-0.2, 0) is 0 Å². The van der Waals surface area contributed by atoms with E-state index in [-0.39, 0.29) is 0 Å². The molecule has 0 bridgehead atoms. The molecule has 6 nitrogen and oxygen atoms in total. The van der Waals surface area contributed by atoms with Crippen LogP contribution in [0.25, 0.3) is 22.6 Å².